The van der Waals surface area contributed by atoms with Gasteiger partial charge in [-0.1, -0.05) is 0 Å². The molecule has 2 aromatic heterocycles. The lowest BCUT2D eigenvalue weighted by atomic mass is 9.88. The van der Waals surface area contributed by atoms with Gasteiger partial charge in [0, 0.05) is 29.3 Å². The van der Waals surface area contributed by atoms with Crippen molar-refractivity contribution in [1.82, 2.24) is 9.97 Å². The molecule has 0 radical (unpaired) electrons. The van der Waals surface area contributed by atoms with Crippen molar-refractivity contribution in [1.29, 1.82) is 0 Å². The number of ether oxygens (including phenoxy) is 3. The van der Waals surface area contributed by atoms with E-state index in [1.54, 1.807) is 21.3 Å². The van der Waals surface area contributed by atoms with Crippen molar-refractivity contribution in [2.45, 2.75) is 12.8 Å². The van der Waals surface area contributed by atoms with Crippen LogP contribution in [0.5, 0.6) is 17.2 Å². The van der Waals surface area contributed by atoms with E-state index in [9.17, 15) is 0 Å². The third kappa shape index (κ3) is 2.62. The molecule has 5 heteroatoms. The molecule has 0 unspecified atom stereocenters. The fourth-order valence-corrected chi connectivity index (χ4v) is 3.19. The number of aryl methyl sites for hydroxylation is 1. The first kappa shape index (κ1) is 16.1. The summed E-state index contributed by atoms with van der Waals surface area (Å²) in [5.74, 6) is 1.92. The van der Waals surface area contributed by atoms with Gasteiger partial charge in [0.15, 0.2) is 11.5 Å². The van der Waals surface area contributed by atoms with Gasteiger partial charge in [-0.2, -0.15) is 0 Å². The summed E-state index contributed by atoms with van der Waals surface area (Å²) >= 11 is 0. The van der Waals surface area contributed by atoms with E-state index < -0.39 is 0 Å². The molecule has 0 saturated carbocycles. The van der Waals surface area contributed by atoms with E-state index in [2.05, 4.69) is 29.0 Å². The molecule has 3 rings (SSSR count). The van der Waals surface area contributed by atoms with Crippen LogP contribution in [0.25, 0.3) is 0 Å². The van der Waals surface area contributed by atoms with Crippen LogP contribution in [0.2, 0.25) is 0 Å². The molecule has 0 fully saturated rings. The van der Waals surface area contributed by atoms with Gasteiger partial charge in [0.05, 0.1) is 27.2 Å². The summed E-state index contributed by atoms with van der Waals surface area (Å²) in [7, 11) is 4.91. The number of aromatic amines is 2. The summed E-state index contributed by atoms with van der Waals surface area (Å²) < 4.78 is 16.8. The lowest BCUT2D eigenvalue weighted by molar-refractivity contribution is 0.321. The summed E-state index contributed by atoms with van der Waals surface area (Å²) in [6.45, 7) is 2.05. The fourth-order valence-electron chi connectivity index (χ4n) is 3.19. The molecule has 0 spiro atoms. The Morgan fingerprint density at radius 2 is 1.42 bits per heavy atom. The van der Waals surface area contributed by atoms with Crippen molar-refractivity contribution in [3.8, 4) is 17.2 Å². The minimum absolute atomic E-state index is 0.0234. The first-order valence-corrected chi connectivity index (χ1v) is 7.77. The molecule has 0 aliphatic heterocycles. The highest BCUT2D eigenvalue weighted by Crippen LogP contribution is 2.47. The van der Waals surface area contributed by atoms with E-state index in [0.29, 0.717) is 17.2 Å². The van der Waals surface area contributed by atoms with Gasteiger partial charge in [0.25, 0.3) is 0 Å². The zero-order valence-corrected chi connectivity index (χ0v) is 14.3. The molecule has 5 nitrogen and oxygen atoms in total. The smallest absolute Gasteiger partial charge is 0.203 e. The van der Waals surface area contributed by atoms with Gasteiger partial charge in [-0.3, -0.25) is 0 Å². The van der Waals surface area contributed by atoms with Crippen LogP contribution in [0.1, 0.15) is 28.4 Å². The van der Waals surface area contributed by atoms with Crippen LogP contribution < -0.4 is 14.2 Å². The molecule has 0 bridgehead atoms. The molecule has 1 aromatic carbocycles. The topological polar surface area (TPSA) is 59.3 Å². The van der Waals surface area contributed by atoms with Crippen molar-refractivity contribution >= 4 is 0 Å². The maximum atomic E-state index is 5.73. The Hall–Kier alpha value is -2.82. The zero-order valence-electron chi connectivity index (χ0n) is 14.3. The minimum Gasteiger partial charge on any atom is -0.493 e. The Morgan fingerprint density at radius 3 is 1.83 bits per heavy atom. The van der Waals surface area contributed by atoms with Crippen molar-refractivity contribution in [2.75, 3.05) is 21.3 Å². The van der Waals surface area contributed by atoms with Crippen LogP contribution in [-0.2, 0) is 0 Å². The Morgan fingerprint density at radius 1 is 0.833 bits per heavy atom. The number of nitrogens with one attached hydrogen (secondary N) is 2. The lowest BCUT2D eigenvalue weighted by Gasteiger charge is -2.23. The van der Waals surface area contributed by atoms with Gasteiger partial charge in [-0.15, -0.1) is 0 Å². The van der Waals surface area contributed by atoms with Gasteiger partial charge in [-0.25, -0.2) is 0 Å². The molecular formula is C19H22N2O3. The summed E-state index contributed by atoms with van der Waals surface area (Å²) in [5.41, 5.74) is 4.26. The molecule has 0 amide bonds. The Balaban J connectivity index is 2.29. The van der Waals surface area contributed by atoms with Crippen LogP contribution >= 0.6 is 0 Å². The molecule has 3 aromatic rings. The van der Waals surface area contributed by atoms with Crippen molar-refractivity contribution < 1.29 is 14.2 Å². The van der Waals surface area contributed by atoms with Crippen LogP contribution in [0, 0.1) is 6.92 Å². The van der Waals surface area contributed by atoms with E-state index in [1.165, 1.54) is 0 Å². The number of H-pyrrole nitrogens is 2. The number of methoxy groups -OCH3 is 3. The third-order valence-corrected chi connectivity index (χ3v) is 4.23. The van der Waals surface area contributed by atoms with Crippen LogP contribution in [0.4, 0.5) is 0 Å². The highest BCUT2D eigenvalue weighted by molar-refractivity contribution is 5.62. The fraction of sp³-hybridized carbons (Fsp3) is 0.263. The number of benzene rings is 1. The van der Waals surface area contributed by atoms with Gasteiger partial charge in [-0.05, 0) is 42.8 Å². The average Bonchev–Trinajstić information content (AvgIpc) is 3.29. The quantitative estimate of drug-likeness (QED) is 0.723. The first-order valence-electron chi connectivity index (χ1n) is 7.77. The second kappa shape index (κ2) is 6.74. The zero-order chi connectivity index (χ0) is 17.1. The molecule has 126 valence electrons. The van der Waals surface area contributed by atoms with E-state index in [-0.39, 0.29) is 5.92 Å². The maximum Gasteiger partial charge on any atom is 0.203 e. The number of hydrogen-bond donors (Lipinski definition) is 2. The standard InChI is InChI=1S/C19H22N2O3/c1-12-11-15(22-2)18(23-3)19(24-4)16(12)17(13-7-5-9-20-13)14-8-6-10-21-14/h5-11,17,20-21H,1-4H3. The second-order valence-corrected chi connectivity index (χ2v) is 5.56. The summed E-state index contributed by atoms with van der Waals surface area (Å²) in [4.78, 5) is 6.64. The predicted octanol–water partition coefficient (Wildman–Crippen LogP) is 3.86. The highest BCUT2D eigenvalue weighted by atomic mass is 16.5. The number of rotatable bonds is 6. The van der Waals surface area contributed by atoms with Gasteiger partial charge >= 0.3 is 0 Å². The van der Waals surface area contributed by atoms with Crippen molar-refractivity contribution in [3.63, 3.8) is 0 Å². The summed E-state index contributed by atoms with van der Waals surface area (Å²) in [5, 5.41) is 0. The van der Waals surface area contributed by atoms with Crippen LogP contribution in [-0.4, -0.2) is 31.3 Å². The van der Waals surface area contributed by atoms with E-state index in [0.717, 1.165) is 22.5 Å². The molecular weight excluding hydrogens is 304 g/mol. The highest BCUT2D eigenvalue weighted by Gasteiger charge is 2.28. The molecule has 0 atom stereocenters. The van der Waals surface area contributed by atoms with Gasteiger partial charge < -0.3 is 24.2 Å². The average molecular weight is 326 g/mol. The van der Waals surface area contributed by atoms with Gasteiger partial charge in [0.1, 0.15) is 0 Å². The first-order chi connectivity index (χ1) is 11.7. The number of hydrogen-bond acceptors (Lipinski definition) is 3. The third-order valence-electron chi connectivity index (χ3n) is 4.23. The van der Waals surface area contributed by atoms with Crippen LogP contribution in [0.3, 0.4) is 0 Å². The summed E-state index contributed by atoms with van der Waals surface area (Å²) in [6.07, 6.45) is 3.85. The lowest BCUT2D eigenvalue weighted by Crippen LogP contribution is -2.10. The van der Waals surface area contributed by atoms with Crippen LogP contribution in [0.15, 0.2) is 42.7 Å². The van der Waals surface area contributed by atoms with Crippen molar-refractivity contribution in [2.24, 2.45) is 0 Å². The number of aromatic nitrogens is 2. The molecule has 0 aliphatic carbocycles. The molecule has 0 aliphatic rings. The largest absolute Gasteiger partial charge is 0.493 e. The Labute approximate surface area is 141 Å². The SMILES string of the molecule is COc1cc(C)c(C(c2ccc[nH]2)c2ccc[nH]2)c(OC)c1OC. The Kier molecular flexibility index (Phi) is 4.51. The minimum atomic E-state index is -0.0234. The predicted molar refractivity (Wildman–Crippen MR) is 93.4 cm³/mol. The molecule has 2 heterocycles. The normalized spacial score (nSPS) is 10.9. The maximum absolute atomic E-state index is 5.73. The summed E-state index contributed by atoms with van der Waals surface area (Å²) in [6, 6.07) is 10.1. The Bertz CT molecular complexity index is 758. The van der Waals surface area contributed by atoms with Gasteiger partial charge in [0.2, 0.25) is 5.75 Å². The second-order valence-electron chi connectivity index (χ2n) is 5.56. The molecule has 24 heavy (non-hydrogen) atoms. The van der Waals surface area contributed by atoms with E-state index in [4.69, 9.17) is 14.2 Å². The molecule has 2 N–H and O–H groups in total. The van der Waals surface area contributed by atoms with E-state index >= 15 is 0 Å². The van der Waals surface area contributed by atoms with Crippen molar-refractivity contribution in [3.05, 3.63) is 65.2 Å². The molecule has 0 saturated heterocycles. The monoisotopic (exact) mass is 326 g/mol. The van der Waals surface area contributed by atoms with E-state index in [1.807, 2.05) is 30.6 Å².